The van der Waals surface area contributed by atoms with Gasteiger partial charge in [-0.15, -0.1) is 0 Å². The third kappa shape index (κ3) is 71.4. The van der Waals surface area contributed by atoms with Crippen molar-refractivity contribution in [3.05, 3.63) is 24.3 Å². The number of allylic oxidation sites excluding steroid dienone is 4. The molecule has 0 rings (SSSR count). The fourth-order valence-electron chi connectivity index (χ4n) is 11.7. The predicted molar refractivity (Wildman–Crippen MR) is 368 cm³/mol. The number of hydrogen-bond acceptors (Lipinski definition) is 8. The summed E-state index contributed by atoms with van der Waals surface area (Å²) in [5.74, 6) is -0.799. The molecule has 0 spiro atoms. The highest BCUT2D eigenvalue weighted by molar-refractivity contribution is 7.47. The molecule has 0 bridgehead atoms. The van der Waals surface area contributed by atoms with Crippen LogP contribution in [-0.4, -0.2) is 49.3 Å². The summed E-state index contributed by atoms with van der Waals surface area (Å²) >= 11 is 0. The van der Waals surface area contributed by atoms with E-state index in [-0.39, 0.29) is 38.6 Å². The van der Waals surface area contributed by atoms with Crippen LogP contribution in [0.2, 0.25) is 0 Å². The lowest BCUT2D eigenvalue weighted by molar-refractivity contribution is -0.161. The van der Waals surface area contributed by atoms with Gasteiger partial charge < -0.3 is 20.1 Å². The van der Waals surface area contributed by atoms with E-state index in [9.17, 15) is 19.0 Å². The van der Waals surface area contributed by atoms with Crippen LogP contribution in [0, 0.1) is 0 Å². The first-order chi connectivity index (χ1) is 41.8. The maximum absolute atomic E-state index is 12.8. The number of hydrogen-bond donors (Lipinski definition) is 2. The zero-order valence-corrected chi connectivity index (χ0v) is 57.8. The molecule has 0 radical (unpaired) electrons. The van der Waals surface area contributed by atoms with E-state index >= 15 is 0 Å². The normalized spacial score (nSPS) is 12.9. The number of carbonyl (C=O) groups is 2. The van der Waals surface area contributed by atoms with E-state index in [4.69, 9.17) is 24.3 Å². The highest BCUT2D eigenvalue weighted by atomic mass is 31.2. The zero-order chi connectivity index (χ0) is 61.6. The lowest BCUT2D eigenvalue weighted by atomic mass is 10.0. The Balaban J connectivity index is 3.76. The van der Waals surface area contributed by atoms with Crippen molar-refractivity contribution in [1.29, 1.82) is 0 Å². The zero-order valence-electron chi connectivity index (χ0n) is 56.9. The van der Waals surface area contributed by atoms with Gasteiger partial charge in [-0.1, -0.05) is 378 Å². The molecule has 0 fully saturated rings. The first-order valence-electron chi connectivity index (χ1n) is 37.8. The maximum atomic E-state index is 12.8. The van der Waals surface area contributed by atoms with Gasteiger partial charge in [-0.2, -0.15) is 0 Å². The standard InChI is InChI=1S/C75H146NO8P/c1-3-5-7-9-11-13-15-17-19-21-23-25-27-29-31-32-33-34-35-36-37-38-39-40-42-44-46-48-50-52-54-56-58-60-62-64-66-68-75(78)84-73(72-83-85(79,80)82-70-69-76)71-81-74(77)67-65-63-61-59-57-55-53-51-49-47-45-43-41-30-28-26-24-22-20-18-16-14-12-10-8-6-4-2/h15,17,21,23,73H,3-14,16,18-20,22,24-72,76H2,1-2H3,(H,79,80)/b17-15-,23-21-. The minimum Gasteiger partial charge on any atom is -0.462 e. The van der Waals surface area contributed by atoms with Gasteiger partial charge in [0.05, 0.1) is 13.2 Å². The van der Waals surface area contributed by atoms with E-state index in [1.165, 1.54) is 340 Å². The summed E-state index contributed by atoms with van der Waals surface area (Å²) in [4.78, 5) is 35.4. The van der Waals surface area contributed by atoms with Crippen molar-refractivity contribution < 1.29 is 37.6 Å². The van der Waals surface area contributed by atoms with Gasteiger partial charge >= 0.3 is 19.8 Å². The quantitative estimate of drug-likeness (QED) is 0.0264. The van der Waals surface area contributed by atoms with Crippen molar-refractivity contribution in [3.8, 4) is 0 Å². The van der Waals surface area contributed by atoms with E-state index in [0.29, 0.717) is 6.42 Å². The third-order valence-corrected chi connectivity index (χ3v) is 18.3. The molecule has 0 aliphatic heterocycles. The molecule has 0 saturated carbocycles. The Labute approximate surface area is 529 Å². The average Bonchev–Trinajstić information content (AvgIpc) is 3.52. The van der Waals surface area contributed by atoms with Crippen molar-refractivity contribution in [2.45, 2.75) is 418 Å². The second-order valence-electron chi connectivity index (χ2n) is 25.9. The molecule has 0 saturated heterocycles. The highest BCUT2D eigenvalue weighted by Gasteiger charge is 2.26. The predicted octanol–water partition coefficient (Wildman–Crippen LogP) is 24.9. The number of esters is 2. The molecule has 0 heterocycles. The van der Waals surface area contributed by atoms with Gasteiger partial charge in [0.1, 0.15) is 6.61 Å². The van der Waals surface area contributed by atoms with Crippen LogP contribution in [0.4, 0.5) is 0 Å². The molecule has 0 aromatic rings. The van der Waals surface area contributed by atoms with Crippen LogP contribution in [0.25, 0.3) is 0 Å². The van der Waals surface area contributed by atoms with E-state index in [2.05, 4.69) is 38.2 Å². The molecule has 0 aliphatic carbocycles. The summed E-state index contributed by atoms with van der Waals surface area (Å²) in [6.45, 7) is 3.83. The molecule has 10 heteroatoms. The van der Waals surface area contributed by atoms with Crippen LogP contribution in [-0.2, 0) is 32.7 Å². The fourth-order valence-corrected chi connectivity index (χ4v) is 12.5. The number of unbranched alkanes of at least 4 members (excludes halogenated alkanes) is 56. The van der Waals surface area contributed by atoms with Gasteiger partial charge in [-0.3, -0.25) is 18.6 Å². The van der Waals surface area contributed by atoms with Crippen molar-refractivity contribution in [3.63, 3.8) is 0 Å². The Hall–Kier alpha value is -1.51. The van der Waals surface area contributed by atoms with Crippen LogP contribution in [0.5, 0.6) is 0 Å². The van der Waals surface area contributed by atoms with E-state index < -0.39 is 26.5 Å². The van der Waals surface area contributed by atoms with E-state index in [0.717, 1.165) is 38.5 Å². The summed E-state index contributed by atoms with van der Waals surface area (Å²) in [6.07, 6.45) is 88.8. The van der Waals surface area contributed by atoms with Crippen LogP contribution in [0.15, 0.2) is 24.3 Å². The third-order valence-electron chi connectivity index (χ3n) is 17.3. The maximum Gasteiger partial charge on any atom is 0.472 e. The Kier molecular flexibility index (Phi) is 70.3. The Morgan fingerprint density at radius 2 is 0.612 bits per heavy atom. The van der Waals surface area contributed by atoms with Crippen LogP contribution >= 0.6 is 7.82 Å². The monoisotopic (exact) mass is 1220 g/mol. The first kappa shape index (κ1) is 83.5. The van der Waals surface area contributed by atoms with Gasteiger partial charge in [0.2, 0.25) is 0 Å². The number of rotatable bonds is 73. The van der Waals surface area contributed by atoms with Gasteiger partial charge in [0.25, 0.3) is 0 Å². The number of phosphoric ester groups is 1. The van der Waals surface area contributed by atoms with Crippen molar-refractivity contribution in [2.24, 2.45) is 5.73 Å². The van der Waals surface area contributed by atoms with Gasteiger partial charge in [-0.25, -0.2) is 4.57 Å². The summed E-state index contributed by atoms with van der Waals surface area (Å²) in [5.41, 5.74) is 5.41. The molecular weight excluding hydrogens is 1070 g/mol. The van der Waals surface area contributed by atoms with Crippen LogP contribution in [0.3, 0.4) is 0 Å². The SMILES string of the molecule is CCCCCCC/C=C\C/C=C\CCCCCCCCCCCCCCCCCCCCCCCCCCCC(=O)OC(COC(=O)CCCCCCCCCCCCCCCCCCCCCCCCCCCCC)COP(=O)(O)OCCN. The van der Waals surface area contributed by atoms with E-state index in [1.54, 1.807) is 0 Å². The van der Waals surface area contributed by atoms with Crippen molar-refractivity contribution >= 4 is 19.8 Å². The van der Waals surface area contributed by atoms with Gasteiger partial charge in [-0.05, 0) is 44.9 Å². The first-order valence-corrected chi connectivity index (χ1v) is 39.3. The Morgan fingerprint density at radius 3 is 0.894 bits per heavy atom. The summed E-state index contributed by atoms with van der Waals surface area (Å²) in [6, 6.07) is 0. The van der Waals surface area contributed by atoms with Crippen LogP contribution < -0.4 is 5.73 Å². The minimum atomic E-state index is -4.39. The fraction of sp³-hybridized carbons (Fsp3) is 0.920. The van der Waals surface area contributed by atoms with Gasteiger partial charge in [0, 0.05) is 19.4 Å². The average molecular weight is 1220 g/mol. The molecule has 2 unspecified atom stereocenters. The largest absolute Gasteiger partial charge is 0.472 e. The molecular formula is C75H146NO8P. The van der Waals surface area contributed by atoms with E-state index in [1.807, 2.05) is 0 Å². The molecule has 2 atom stereocenters. The second kappa shape index (κ2) is 71.6. The topological polar surface area (TPSA) is 134 Å². The highest BCUT2D eigenvalue weighted by Crippen LogP contribution is 2.43. The summed E-state index contributed by atoms with van der Waals surface area (Å²) < 4.78 is 33.2. The molecule has 0 aliphatic rings. The molecule has 504 valence electrons. The number of ether oxygens (including phenoxy) is 2. The van der Waals surface area contributed by atoms with Gasteiger partial charge in [0.15, 0.2) is 6.10 Å². The summed E-state index contributed by atoms with van der Waals surface area (Å²) in [7, 11) is -4.39. The second-order valence-corrected chi connectivity index (χ2v) is 27.3. The molecule has 9 nitrogen and oxygen atoms in total. The van der Waals surface area contributed by atoms with Crippen LogP contribution in [0.1, 0.15) is 412 Å². The minimum absolute atomic E-state index is 0.0576. The molecule has 0 aromatic carbocycles. The molecule has 0 amide bonds. The lowest BCUT2D eigenvalue weighted by Gasteiger charge is -2.19. The number of nitrogens with two attached hydrogens (primary N) is 1. The molecule has 0 aromatic heterocycles. The Bertz CT molecular complexity index is 1440. The lowest BCUT2D eigenvalue weighted by Crippen LogP contribution is -2.29. The number of phosphoric acid groups is 1. The molecule has 85 heavy (non-hydrogen) atoms. The summed E-state index contributed by atoms with van der Waals surface area (Å²) in [5, 5.41) is 0. The molecule has 3 N–H and O–H groups in total. The van der Waals surface area contributed by atoms with Crippen molar-refractivity contribution in [1.82, 2.24) is 0 Å². The smallest absolute Gasteiger partial charge is 0.462 e. The number of carbonyl (C=O) groups excluding carboxylic acids is 2. The Morgan fingerprint density at radius 1 is 0.353 bits per heavy atom. The van der Waals surface area contributed by atoms with Crippen molar-refractivity contribution in [2.75, 3.05) is 26.4 Å².